The topological polar surface area (TPSA) is 43.4 Å². The van der Waals surface area contributed by atoms with E-state index in [0.717, 1.165) is 26.0 Å². The molecular formula is C16H14F13IO3S3. The van der Waals surface area contributed by atoms with Gasteiger partial charge in [-0.25, -0.2) is 0 Å². The van der Waals surface area contributed by atoms with Gasteiger partial charge in [0.25, 0.3) is 0 Å². The van der Waals surface area contributed by atoms with Crippen molar-refractivity contribution in [3.63, 3.8) is 0 Å². The van der Waals surface area contributed by atoms with E-state index in [2.05, 4.69) is 2.51 Å². The molecule has 0 amide bonds. The number of hydrogen-bond donors (Lipinski definition) is 0. The maximum atomic E-state index is 13.4. The fraction of sp³-hybridized carbons (Fsp3) is 0.250. The molecule has 212 valence electrons. The molecule has 2 rings (SSSR count). The fourth-order valence-corrected chi connectivity index (χ4v) is 12.0. The molecule has 0 unspecified atom stereocenters. The molecule has 3 nitrogen and oxygen atoms in total. The van der Waals surface area contributed by atoms with E-state index in [9.17, 15) is 60.4 Å². The molecule has 36 heavy (non-hydrogen) atoms. The molecule has 0 saturated carbocycles. The van der Waals surface area contributed by atoms with Gasteiger partial charge in [0.1, 0.15) is 0 Å². The first-order valence-electron chi connectivity index (χ1n) is 8.64. The first-order chi connectivity index (χ1) is 15.2. The standard InChI is InChI=1S/C16H14F13IO3S3/c1-9-4-10(2)15(11(3)5-9)30(33-34(31,32)16(17,18)19)12-6-13(35(20,21,22,23)24)8-14(7-12)36(25,26,27,28)29/h4-8H,1-3H3. The van der Waals surface area contributed by atoms with E-state index in [0.29, 0.717) is 5.56 Å². The van der Waals surface area contributed by atoms with E-state index < -0.39 is 91.4 Å². The van der Waals surface area contributed by atoms with Crippen LogP contribution in [0.15, 0.2) is 40.1 Å². The SMILES string of the molecule is Cc1cc(C)c(I(OS(=O)(=O)C(F)(F)F)c2cc(S(F)(F)(F)(F)F)cc(S(F)(F)(F)(F)F)c2)c(C)c1. The summed E-state index contributed by atoms with van der Waals surface area (Å²) in [6.07, 6.45) is 0. The molecule has 0 saturated heterocycles. The van der Waals surface area contributed by atoms with E-state index in [-0.39, 0.29) is 11.1 Å². The molecule has 0 atom stereocenters. The number of benzene rings is 2. The Morgan fingerprint density at radius 2 is 1.06 bits per heavy atom. The first kappa shape index (κ1) is 31.1. The van der Waals surface area contributed by atoms with Gasteiger partial charge in [-0.2, -0.15) is 0 Å². The molecule has 0 aliphatic rings. The Kier molecular flexibility index (Phi) is 6.29. The predicted molar refractivity (Wildman–Crippen MR) is 117 cm³/mol. The minimum absolute atomic E-state index is 0.193. The van der Waals surface area contributed by atoms with Gasteiger partial charge in [0.05, 0.1) is 0 Å². The molecule has 0 aromatic heterocycles. The molecule has 0 aliphatic heterocycles. The van der Waals surface area contributed by atoms with E-state index in [1.54, 1.807) is 0 Å². The second kappa shape index (κ2) is 7.29. The average molecular weight is 724 g/mol. The average Bonchev–Trinajstić information content (AvgIpc) is 2.54. The Hall–Kier alpha value is -1.13. The van der Waals surface area contributed by atoms with Crippen molar-refractivity contribution in [2.75, 3.05) is 0 Å². The number of halogens is 14. The van der Waals surface area contributed by atoms with Gasteiger partial charge in [0.15, 0.2) is 0 Å². The summed E-state index contributed by atoms with van der Waals surface area (Å²) in [5, 5.41) is 0. The predicted octanol–water partition coefficient (Wildman–Crippen LogP) is 10.3. The number of rotatable bonds is 6. The van der Waals surface area contributed by atoms with Crippen LogP contribution in [0.25, 0.3) is 0 Å². The van der Waals surface area contributed by atoms with Gasteiger partial charge < -0.3 is 0 Å². The van der Waals surface area contributed by atoms with Gasteiger partial charge in [-0.3, -0.25) is 0 Å². The van der Waals surface area contributed by atoms with Crippen molar-refractivity contribution in [2.24, 2.45) is 0 Å². The van der Waals surface area contributed by atoms with Crippen molar-refractivity contribution in [1.82, 2.24) is 0 Å². The van der Waals surface area contributed by atoms with Crippen LogP contribution in [0.1, 0.15) is 16.7 Å². The summed E-state index contributed by atoms with van der Waals surface area (Å²) in [6, 6.07) is -0.867. The van der Waals surface area contributed by atoms with Crippen molar-refractivity contribution in [3.05, 3.63) is 54.2 Å². The van der Waals surface area contributed by atoms with Gasteiger partial charge in [-0.15, -0.1) is 0 Å². The summed E-state index contributed by atoms with van der Waals surface area (Å²) < 4.78 is 198. The molecule has 0 aliphatic carbocycles. The Labute approximate surface area is 203 Å². The summed E-state index contributed by atoms with van der Waals surface area (Å²) in [6.45, 7) is 3.56. The first-order valence-corrected chi connectivity index (χ1v) is 17.0. The van der Waals surface area contributed by atoms with E-state index in [1.807, 2.05) is 0 Å². The van der Waals surface area contributed by atoms with Crippen molar-refractivity contribution in [1.29, 1.82) is 0 Å². The third-order valence-corrected chi connectivity index (χ3v) is 14.2. The molecule has 0 heterocycles. The monoisotopic (exact) mass is 724 g/mol. The molecule has 0 fully saturated rings. The fourth-order valence-electron chi connectivity index (χ4n) is 2.81. The van der Waals surface area contributed by atoms with Crippen LogP contribution in [-0.2, 0) is 12.6 Å². The van der Waals surface area contributed by atoms with Crippen molar-refractivity contribution in [3.8, 4) is 0 Å². The number of aryl methyl sites for hydroxylation is 3. The van der Waals surface area contributed by atoms with Crippen molar-refractivity contribution >= 4 is 50.8 Å². The zero-order chi connectivity index (χ0) is 28.7. The Balaban J connectivity index is 3.12. The molecule has 0 bridgehead atoms. The Bertz CT molecular complexity index is 1280. The second-order valence-corrected chi connectivity index (χ2v) is 18.6. The molecule has 2 aromatic carbocycles. The van der Waals surface area contributed by atoms with Crippen LogP contribution >= 0.6 is 40.7 Å². The Morgan fingerprint density at radius 1 is 0.694 bits per heavy atom. The zero-order valence-corrected chi connectivity index (χ0v) is 22.2. The van der Waals surface area contributed by atoms with Gasteiger partial charge in [-0.1, -0.05) is 0 Å². The van der Waals surface area contributed by atoms with Crippen LogP contribution < -0.4 is 0 Å². The van der Waals surface area contributed by atoms with Crippen LogP contribution in [0, 0.1) is 27.9 Å². The molecule has 2 aromatic rings. The summed E-state index contributed by atoms with van der Waals surface area (Å²) in [5.41, 5.74) is -6.27. The summed E-state index contributed by atoms with van der Waals surface area (Å²) in [4.78, 5) is -7.01. The third-order valence-electron chi connectivity index (χ3n) is 4.12. The minimum atomic E-state index is -11.2. The number of hydrogen-bond acceptors (Lipinski definition) is 3. The molecular weight excluding hydrogens is 710 g/mol. The summed E-state index contributed by atoms with van der Waals surface area (Å²) in [7, 11) is -29.1. The summed E-state index contributed by atoms with van der Waals surface area (Å²) in [5.74, 6) is 0. The quantitative estimate of drug-likeness (QED) is 0.169. The van der Waals surface area contributed by atoms with Gasteiger partial charge >= 0.3 is 204 Å². The van der Waals surface area contributed by atoms with Crippen LogP contribution in [0.3, 0.4) is 0 Å². The molecule has 20 heteroatoms. The van der Waals surface area contributed by atoms with Crippen LogP contribution in [0.2, 0.25) is 0 Å². The third kappa shape index (κ3) is 7.04. The summed E-state index contributed by atoms with van der Waals surface area (Å²) >= 11 is -5.28. The number of alkyl halides is 3. The van der Waals surface area contributed by atoms with E-state index >= 15 is 0 Å². The van der Waals surface area contributed by atoms with E-state index in [4.69, 9.17) is 0 Å². The van der Waals surface area contributed by atoms with Gasteiger partial charge in [0.2, 0.25) is 0 Å². The molecule has 0 spiro atoms. The maximum absolute atomic E-state index is 13.4. The second-order valence-electron chi connectivity index (χ2n) is 7.48. The van der Waals surface area contributed by atoms with Crippen molar-refractivity contribution < 1.29 is 63.0 Å². The molecule has 0 radical (unpaired) electrons. The van der Waals surface area contributed by atoms with E-state index in [1.165, 1.54) is 6.92 Å². The van der Waals surface area contributed by atoms with Crippen LogP contribution in [-0.4, -0.2) is 13.9 Å². The molecule has 0 N–H and O–H groups in total. The Morgan fingerprint density at radius 3 is 1.36 bits per heavy atom. The van der Waals surface area contributed by atoms with Gasteiger partial charge in [0, 0.05) is 0 Å². The van der Waals surface area contributed by atoms with Crippen LogP contribution in [0.5, 0.6) is 0 Å². The zero-order valence-electron chi connectivity index (χ0n) is 17.6. The van der Waals surface area contributed by atoms with Crippen LogP contribution in [0.4, 0.5) is 52.0 Å². The van der Waals surface area contributed by atoms with Gasteiger partial charge in [-0.05, 0) is 0 Å². The van der Waals surface area contributed by atoms with Crippen molar-refractivity contribution in [2.45, 2.75) is 36.1 Å². The normalized spacial score (nSPS) is 18.1.